The minimum atomic E-state index is -2.17. The van der Waals surface area contributed by atoms with Gasteiger partial charge in [0.15, 0.2) is 0 Å². The minimum Gasteiger partial charge on any atom is -0.481 e. The highest BCUT2D eigenvalue weighted by molar-refractivity contribution is 6.00. The van der Waals surface area contributed by atoms with Crippen molar-refractivity contribution in [2.45, 2.75) is 145 Å². The molecule has 1 aliphatic heterocycles. The molecule has 0 unspecified atom stereocenters. The lowest BCUT2D eigenvalue weighted by atomic mass is 10.0. The van der Waals surface area contributed by atoms with E-state index in [-0.39, 0.29) is 18.8 Å². The van der Waals surface area contributed by atoms with E-state index >= 15 is 0 Å². The molecule has 76 heavy (non-hydrogen) atoms. The average Bonchev–Trinajstić information content (AvgIpc) is 3.34. The number of aliphatic hydroxyl groups is 2. The number of cyclic esters (lactones) is 1. The van der Waals surface area contributed by atoms with Crippen LogP contribution in [-0.4, -0.2) is 195 Å². The number of nitrogens with two attached hydrogens (primary N) is 3. The van der Waals surface area contributed by atoms with Crippen LogP contribution in [0.15, 0.2) is 30.3 Å². The molecule has 1 heterocycles. The molecular weight excluding hydrogens is 1010 g/mol. The number of ether oxygens (including phenoxy) is 1. The Morgan fingerprint density at radius 3 is 1.84 bits per heavy atom. The summed E-state index contributed by atoms with van der Waals surface area (Å²) in [6.45, 7) is 2.82. The first-order valence-electron chi connectivity index (χ1n) is 24.2. The number of hydrogen-bond acceptors (Lipinski definition) is 17. The molecule has 10 atom stereocenters. The molecular formula is C47H71N11O18. The van der Waals surface area contributed by atoms with Gasteiger partial charge in [0.05, 0.1) is 19.4 Å². The Morgan fingerprint density at radius 2 is 1.29 bits per heavy atom. The summed E-state index contributed by atoms with van der Waals surface area (Å²) in [7, 11) is 2.06. The van der Waals surface area contributed by atoms with E-state index in [1.54, 1.807) is 30.3 Å². The Hall–Kier alpha value is -7.79. The van der Waals surface area contributed by atoms with Crippen molar-refractivity contribution in [2.75, 3.05) is 27.3 Å². The summed E-state index contributed by atoms with van der Waals surface area (Å²) in [5, 5.41) is 53.6. The Labute approximate surface area is 437 Å². The van der Waals surface area contributed by atoms with Gasteiger partial charge < -0.3 is 84.1 Å². The van der Waals surface area contributed by atoms with Gasteiger partial charge in [0.2, 0.25) is 59.1 Å². The molecule has 16 N–H and O–H groups in total. The van der Waals surface area contributed by atoms with Gasteiger partial charge in [-0.1, -0.05) is 57.0 Å². The molecule has 0 aliphatic carbocycles. The Morgan fingerprint density at radius 1 is 0.711 bits per heavy atom. The third-order valence-electron chi connectivity index (χ3n) is 11.9. The van der Waals surface area contributed by atoms with Crippen molar-refractivity contribution >= 4 is 77.0 Å². The number of unbranched alkanes of at least 4 members (excludes halogenated alkanes) is 1. The molecule has 0 spiro atoms. The van der Waals surface area contributed by atoms with E-state index < -0.39 is 183 Å². The Bertz CT molecular complexity index is 2270. The van der Waals surface area contributed by atoms with Crippen LogP contribution in [0.2, 0.25) is 0 Å². The molecule has 1 saturated heterocycles. The molecule has 1 aromatic rings. The third-order valence-corrected chi connectivity index (χ3v) is 11.9. The summed E-state index contributed by atoms with van der Waals surface area (Å²) in [6, 6.07) is -8.97. The number of hydrogen-bond donors (Lipinski definition) is 13. The highest BCUT2D eigenvalue weighted by Gasteiger charge is 2.41. The van der Waals surface area contributed by atoms with Crippen molar-refractivity contribution in [3.05, 3.63) is 35.9 Å². The average molecular weight is 1080 g/mol. The van der Waals surface area contributed by atoms with Crippen LogP contribution in [0.4, 0.5) is 0 Å². The van der Waals surface area contributed by atoms with E-state index in [0.29, 0.717) is 23.3 Å². The summed E-state index contributed by atoms with van der Waals surface area (Å²) in [6.07, 6.45) is -5.78. The molecule has 29 nitrogen and oxygen atoms in total. The van der Waals surface area contributed by atoms with Gasteiger partial charge in [-0.15, -0.1) is 0 Å². The fourth-order valence-corrected chi connectivity index (χ4v) is 7.59. The number of primary amides is 2. The lowest BCUT2D eigenvalue weighted by Gasteiger charge is -2.36. The van der Waals surface area contributed by atoms with Crippen LogP contribution in [0, 0.1) is 5.92 Å². The molecule has 1 fully saturated rings. The van der Waals surface area contributed by atoms with E-state index in [0.717, 1.165) is 25.4 Å². The number of likely N-dealkylation sites (N-methyl/N-ethyl adjacent to an activating group) is 2. The van der Waals surface area contributed by atoms with Crippen LogP contribution < -0.4 is 49.1 Å². The number of carboxylic acids is 2. The van der Waals surface area contributed by atoms with Gasteiger partial charge in [0.1, 0.15) is 61.0 Å². The number of aliphatic carboxylic acids is 2. The maximum atomic E-state index is 14.5. The summed E-state index contributed by atoms with van der Waals surface area (Å²) in [4.78, 5) is 176. The molecule has 10 amide bonds. The molecule has 1 aromatic carbocycles. The van der Waals surface area contributed by atoms with Gasteiger partial charge in [-0.2, -0.15) is 0 Å². The quantitative estimate of drug-likeness (QED) is 0.0428. The van der Waals surface area contributed by atoms with E-state index in [4.69, 9.17) is 21.9 Å². The van der Waals surface area contributed by atoms with E-state index in [1.165, 1.54) is 6.92 Å². The maximum Gasteiger partial charge on any atom is 0.328 e. The topological polar surface area (TPSA) is 469 Å². The first-order chi connectivity index (χ1) is 35.6. The summed E-state index contributed by atoms with van der Waals surface area (Å²) >= 11 is 0. The van der Waals surface area contributed by atoms with Crippen LogP contribution in [0.1, 0.15) is 84.1 Å². The predicted molar refractivity (Wildman–Crippen MR) is 263 cm³/mol. The van der Waals surface area contributed by atoms with Crippen molar-refractivity contribution < 1.29 is 87.5 Å². The molecule has 0 aromatic heterocycles. The zero-order valence-corrected chi connectivity index (χ0v) is 42.9. The highest BCUT2D eigenvalue weighted by atomic mass is 16.5. The van der Waals surface area contributed by atoms with Gasteiger partial charge >= 0.3 is 17.9 Å². The van der Waals surface area contributed by atoms with Gasteiger partial charge in [-0.05, 0) is 31.2 Å². The molecule has 1 aliphatic rings. The second-order valence-electron chi connectivity index (χ2n) is 18.6. The van der Waals surface area contributed by atoms with Crippen LogP contribution in [-0.2, 0) is 73.5 Å². The van der Waals surface area contributed by atoms with E-state index in [9.17, 15) is 82.8 Å². The number of carboxylic acid groups (broad SMARTS) is 2. The SMILES string of the molecule is CC(C)CCCCC(=O)N[C@H]1COC(=O)[C@H](CCC(=O)O)NC(=O)[C@@H](C[C@H](O)C(N)=O)NC(=O)[C@@H](Cc2ccccc2)N(C)C(=O)[C@H](CC(N)=O)N(C)C(=O)[C@H](CO)NC(=O)[C@H]([C@@H](C)N)NC(=O)[C@H](CC(=O)O)NC1=O. The predicted octanol–water partition coefficient (Wildman–Crippen LogP) is -5.64. The minimum absolute atomic E-state index is 0.175. The molecule has 0 saturated carbocycles. The van der Waals surface area contributed by atoms with Crippen LogP contribution in [0.25, 0.3) is 0 Å². The zero-order chi connectivity index (χ0) is 57.6. The van der Waals surface area contributed by atoms with Gasteiger partial charge in [0, 0.05) is 45.8 Å². The number of benzene rings is 1. The van der Waals surface area contributed by atoms with Crippen LogP contribution in [0.3, 0.4) is 0 Å². The van der Waals surface area contributed by atoms with Crippen molar-refractivity contribution in [1.29, 1.82) is 0 Å². The largest absolute Gasteiger partial charge is 0.481 e. The molecule has 0 radical (unpaired) electrons. The second kappa shape index (κ2) is 31.2. The lowest BCUT2D eigenvalue weighted by Crippen LogP contribution is -2.63. The lowest BCUT2D eigenvalue weighted by molar-refractivity contribution is -0.151. The number of amides is 10. The highest BCUT2D eigenvalue weighted by Crippen LogP contribution is 2.17. The number of nitrogens with zero attached hydrogens (tertiary/aromatic N) is 2. The molecule has 2 rings (SSSR count). The van der Waals surface area contributed by atoms with Crippen LogP contribution in [0.5, 0.6) is 0 Å². The fraction of sp³-hybridized carbons (Fsp3) is 0.596. The third kappa shape index (κ3) is 21.2. The number of esters is 1. The first-order valence-corrected chi connectivity index (χ1v) is 24.2. The number of aliphatic hydroxyl groups excluding tert-OH is 2. The number of rotatable bonds is 20. The summed E-state index contributed by atoms with van der Waals surface area (Å²) in [5.41, 5.74) is 17.2. The smallest absolute Gasteiger partial charge is 0.328 e. The van der Waals surface area contributed by atoms with E-state index in [2.05, 4.69) is 31.9 Å². The van der Waals surface area contributed by atoms with Gasteiger partial charge in [-0.3, -0.25) is 57.5 Å². The number of carbonyl (C=O) groups is 13. The van der Waals surface area contributed by atoms with E-state index in [1.807, 2.05) is 13.8 Å². The molecule has 29 heteroatoms. The van der Waals surface area contributed by atoms with Crippen molar-refractivity contribution in [3.8, 4) is 0 Å². The number of carbonyl (C=O) groups excluding carboxylic acids is 11. The van der Waals surface area contributed by atoms with Crippen molar-refractivity contribution in [3.63, 3.8) is 0 Å². The second-order valence-corrected chi connectivity index (χ2v) is 18.6. The van der Waals surface area contributed by atoms with Gasteiger partial charge in [-0.25, -0.2) is 4.79 Å². The maximum absolute atomic E-state index is 14.5. The molecule has 0 bridgehead atoms. The Balaban J connectivity index is 2.93. The number of nitrogens with one attached hydrogen (secondary N) is 6. The standard InChI is InChI=1S/C47H71N11O18/c1-23(2)11-9-10-14-35(62)51-30-22-76-47(75)26(15-16-36(63)64)52-40(68)27(18-33(60)39(50)67)54-43(71)31(17-25-12-7-6-8-13-25)57(4)46(74)32(20-34(49)61)58(5)45(73)29(21-59)55-44(72)38(24(3)48)56-41(69)28(19-37(65)66)53-42(30)70/h6-8,12-13,23-24,26-33,38,59-60H,9-11,14-22,48H2,1-5H3,(H2,49,61)(H2,50,67)(H,51,62)(H,52,68)(H,53,70)(H,54,71)(H,55,72)(H,56,69)(H,63,64)(H,65,66)/t24-,26+,27-,28+,29+,30+,31-,32+,33+,38+/m1/s1. The summed E-state index contributed by atoms with van der Waals surface area (Å²) in [5.74, 6) is -16.6. The Kier molecular flexibility index (Phi) is 26.4. The zero-order valence-electron chi connectivity index (χ0n) is 42.9. The van der Waals surface area contributed by atoms with Gasteiger partial charge in [0.25, 0.3) is 0 Å². The monoisotopic (exact) mass is 1080 g/mol. The summed E-state index contributed by atoms with van der Waals surface area (Å²) < 4.78 is 5.34. The fourth-order valence-electron chi connectivity index (χ4n) is 7.59. The first kappa shape index (κ1) is 64.3. The normalized spacial score (nSPS) is 24.0. The van der Waals surface area contributed by atoms with Crippen molar-refractivity contribution in [1.82, 2.24) is 41.7 Å². The van der Waals surface area contributed by atoms with Crippen LogP contribution >= 0.6 is 0 Å². The van der Waals surface area contributed by atoms with Crippen molar-refractivity contribution in [2.24, 2.45) is 23.1 Å². The molecule has 422 valence electrons.